The first-order valence-corrected chi connectivity index (χ1v) is 8.11. The van der Waals surface area contributed by atoms with Crippen LogP contribution in [0.15, 0.2) is 0 Å². The molecule has 1 amide bonds. The van der Waals surface area contributed by atoms with Crippen molar-refractivity contribution in [3.63, 3.8) is 0 Å². The number of carbonyl (C=O) groups excluding carboxylic acids is 2. The fourth-order valence-electron chi connectivity index (χ4n) is 3.32. The molecule has 0 spiro atoms. The molecule has 108 valence electrons. The molecule has 0 aromatic rings. The second-order valence-corrected chi connectivity index (χ2v) is 7.35. The van der Waals surface area contributed by atoms with Gasteiger partial charge in [0.2, 0.25) is 5.91 Å². The fourth-order valence-corrected chi connectivity index (χ4v) is 4.27. The largest absolute Gasteiger partial charge is 0.341 e. The Hall–Kier alpha value is -0.550. The van der Waals surface area contributed by atoms with Crippen LogP contribution in [-0.2, 0) is 9.59 Å². The molecule has 1 unspecified atom stereocenters. The molecule has 1 saturated heterocycles. The Morgan fingerprint density at radius 1 is 1.42 bits per heavy atom. The highest BCUT2D eigenvalue weighted by atomic mass is 32.2. The highest BCUT2D eigenvalue weighted by Gasteiger charge is 2.33. The number of nitrogens with zero attached hydrogens (tertiary/aromatic N) is 1. The molecule has 0 aromatic heterocycles. The maximum Gasteiger partial charge on any atom is 0.223 e. The van der Waals surface area contributed by atoms with Gasteiger partial charge in [-0.15, -0.1) is 0 Å². The number of hydrogen-bond acceptors (Lipinski definition) is 4. The molecular weight excluding hydrogens is 260 g/mol. The highest BCUT2D eigenvalue weighted by Crippen LogP contribution is 2.31. The van der Waals surface area contributed by atoms with Crippen molar-refractivity contribution in [3.05, 3.63) is 0 Å². The number of amides is 1. The monoisotopic (exact) mass is 284 g/mol. The molecule has 1 saturated carbocycles. The van der Waals surface area contributed by atoms with E-state index in [2.05, 4.69) is 0 Å². The van der Waals surface area contributed by atoms with E-state index in [0.29, 0.717) is 18.3 Å². The van der Waals surface area contributed by atoms with Crippen LogP contribution in [0, 0.1) is 11.8 Å². The van der Waals surface area contributed by atoms with Crippen molar-refractivity contribution in [2.75, 3.05) is 19.6 Å². The highest BCUT2D eigenvalue weighted by molar-refractivity contribution is 8.14. The van der Waals surface area contributed by atoms with Crippen LogP contribution in [0.2, 0.25) is 0 Å². The maximum absolute atomic E-state index is 12.0. The van der Waals surface area contributed by atoms with Gasteiger partial charge in [0.25, 0.3) is 0 Å². The summed E-state index contributed by atoms with van der Waals surface area (Å²) >= 11 is 1.32. The van der Waals surface area contributed by atoms with Gasteiger partial charge < -0.3 is 10.6 Å². The summed E-state index contributed by atoms with van der Waals surface area (Å²) in [5, 5.41) is 0.277. The molecule has 2 rings (SSSR count). The molecule has 2 fully saturated rings. The number of nitrogens with two attached hydrogens (primary N) is 1. The van der Waals surface area contributed by atoms with Gasteiger partial charge >= 0.3 is 0 Å². The fraction of sp³-hybridized carbons (Fsp3) is 0.857. The van der Waals surface area contributed by atoms with Gasteiger partial charge in [0.1, 0.15) is 0 Å². The van der Waals surface area contributed by atoms with E-state index in [1.807, 2.05) is 4.90 Å². The zero-order valence-electron chi connectivity index (χ0n) is 11.6. The lowest BCUT2D eigenvalue weighted by atomic mass is 9.81. The summed E-state index contributed by atoms with van der Waals surface area (Å²) in [7, 11) is 0. The smallest absolute Gasteiger partial charge is 0.223 e. The lowest BCUT2D eigenvalue weighted by Gasteiger charge is -2.31. The lowest BCUT2D eigenvalue weighted by Crippen LogP contribution is -2.34. The number of likely N-dealkylation sites (tertiary alicyclic amines) is 1. The minimum atomic E-state index is 0.112. The van der Waals surface area contributed by atoms with Crippen molar-refractivity contribution in [2.45, 2.75) is 44.3 Å². The molecule has 4 nitrogen and oxygen atoms in total. The molecule has 5 heteroatoms. The number of thioether (sulfide) groups is 1. The third-order valence-electron chi connectivity index (χ3n) is 4.21. The van der Waals surface area contributed by atoms with E-state index >= 15 is 0 Å². The maximum atomic E-state index is 12.0. The first-order valence-electron chi connectivity index (χ1n) is 7.23. The molecule has 19 heavy (non-hydrogen) atoms. The van der Waals surface area contributed by atoms with Gasteiger partial charge in [-0.05, 0) is 37.6 Å². The van der Waals surface area contributed by atoms with E-state index in [4.69, 9.17) is 5.73 Å². The minimum Gasteiger partial charge on any atom is -0.341 e. The number of rotatable bonds is 4. The summed E-state index contributed by atoms with van der Waals surface area (Å²) in [6.45, 7) is 3.95. The molecule has 1 aliphatic heterocycles. The average molecular weight is 284 g/mol. The van der Waals surface area contributed by atoms with Gasteiger partial charge in [0, 0.05) is 31.7 Å². The summed E-state index contributed by atoms with van der Waals surface area (Å²) in [6.07, 6.45) is 5.37. The normalized spacial score (nSPS) is 31.8. The van der Waals surface area contributed by atoms with Crippen LogP contribution < -0.4 is 5.73 Å². The summed E-state index contributed by atoms with van der Waals surface area (Å²) in [5.74, 6) is 1.46. The van der Waals surface area contributed by atoms with Gasteiger partial charge in [0.05, 0.1) is 0 Å². The third kappa shape index (κ3) is 4.21. The summed E-state index contributed by atoms with van der Waals surface area (Å²) in [6, 6.07) is 0. The van der Waals surface area contributed by atoms with Crippen molar-refractivity contribution in [1.82, 2.24) is 4.90 Å². The standard InChI is InChI=1S/C14H24N2O2S/c1-10(17)19-13-6-14(18)16(9-13)8-12-4-2-3-11(5-12)7-15/h11-13H,2-9,15H2,1H3/t11-,12+,13?/m1/s1. The molecule has 1 heterocycles. The number of carbonyl (C=O) groups is 2. The predicted octanol–water partition coefficient (Wildman–Crippen LogP) is 1.63. The van der Waals surface area contributed by atoms with E-state index in [0.717, 1.165) is 26.1 Å². The third-order valence-corrected chi connectivity index (χ3v) is 5.20. The molecule has 3 atom stereocenters. The lowest BCUT2D eigenvalue weighted by molar-refractivity contribution is -0.128. The van der Waals surface area contributed by atoms with Crippen molar-refractivity contribution >= 4 is 22.8 Å². The van der Waals surface area contributed by atoms with E-state index in [1.165, 1.54) is 31.0 Å². The molecular formula is C14H24N2O2S. The average Bonchev–Trinajstić information content (AvgIpc) is 2.69. The molecule has 0 radical (unpaired) electrons. The van der Waals surface area contributed by atoms with Gasteiger partial charge in [-0.3, -0.25) is 9.59 Å². The topological polar surface area (TPSA) is 63.4 Å². The zero-order chi connectivity index (χ0) is 13.8. The van der Waals surface area contributed by atoms with Gasteiger partial charge in [-0.2, -0.15) is 0 Å². The van der Waals surface area contributed by atoms with Crippen LogP contribution in [0.1, 0.15) is 39.0 Å². The van der Waals surface area contributed by atoms with Gasteiger partial charge in [0.15, 0.2) is 5.12 Å². The molecule has 0 aromatic carbocycles. The summed E-state index contributed by atoms with van der Waals surface area (Å²) in [5.41, 5.74) is 5.76. The van der Waals surface area contributed by atoms with Crippen LogP contribution in [0.25, 0.3) is 0 Å². The first-order chi connectivity index (χ1) is 9.08. The van der Waals surface area contributed by atoms with Crippen LogP contribution >= 0.6 is 11.8 Å². The van der Waals surface area contributed by atoms with E-state index in [-0.39, 0.29) is 16.3 Å². The minimum absolute atomic E-state index is 0.112. The van der Waals surface area contributed by atoms with Crippen LogP contribution in [-0.4, -0.2) is 40.8 Å². The molecule has 0 bridgehead atoms. The first kappa shape index (κ1) is 14.9. The Bertz CT molecular complexity index is 348. The van der Waals surface area contributed by atoms with Crippen LogP contribution in [0.4, 0.5) is 0 Å². The summed E-state index contributed by atoms with van der Waals surface area (Å²) in [4.78, 5) is 25.0. The van der Waals surface area contributed by atoms with Gasteiger partial charge in [-0.25, -0.2) is 0 Å². The van der Waals surface area contributed by atoms with Gasteiger partial charge in [-0.1, -0.05) is 18.2 Å². The summed E-state index contributed by atoms with van der Waals surface area (Å²) < 4.78 is 0. The Balaban J connectivity index is 1.82. The van der Waals surface area contributed by atoms with Crippen molar-refractivity contribution < 1.29 is 9.59 Å². The molecule has 2 N–H and O–H groups in total. The Morgan fingerprint density at radius 2 is 2.16 bits per heavy atom. The van der Waals surface area contributed by atoms with Crippen LogP contribution in [0.3, 0.4) is 0 Å². The molecule has 1 aliphatic carbocycles. The van der Waals surface area contributed by atoms with E-state index in [1.54, 1.807) is 6.92 Å². The second kappa shape index (κ2) is 6.75. The SMILES string of the molecule is CC(=O)SC1CC(=O)N(C[C@H]2CCC[C@@H](CN)C2)C1. The second-order valence-electron chi connectivity index (χ2n) is 5.87. The Kier molecular flexibility index (Phi) is 5.28. The van der Waals surface area contributed by atoms with E-state index in [9.17, 15) is 9.59 Å². The van der Waals surface area contributed by atoms with Crippen molar-refractivity contribution in [1.29, 1.82) is 0 Å². The predicted molar refractivity (Wildman–Crippen MR) is 77.8 cm³/mol. The Labute approximate surface area is 119 Å². The quantitative estimate of drug-likeness (QED) is 0.852. The molecule has 2 aliphatic rings. The number of hydrogen-bond donors (Lipinski definition) is 1. The zero-order valence-corrected chi connectivity index (χ0v) is 12.5. The van der Waals surface area contributed by atoms with Crippen molar-refractivity contribution in [3.8, 4) is 0 Å². The van der Waals surface area contributed by atoms with Crippen molar-refractivity contribution in [2.24, 2.45) is 17.6 Å². The van der Waals surface area contributed by atoms with E-state index < -0.39 is 0 Å². The Morgan fingerprint density at radius 3 is 2.84 bits per heavy atom. The van der Waals surface area contributed by atoms with Crippen LogP contribution in [0.5, 0.6) is 0 Å².